The standard InChI is InChI=1S/C20H25N3O2.ClH/c21-18(20(25)23-14-12-17-9-5-2-6-10-17)15-19(24)22-13-11-16-7-3-1-4-8-16;/h1-10,18H,11-15,21H2,(H,22,24)(H,23,25);1H. The Morgan fingerprint density at radius 3 is 1.77 bits per heavy atom. The van der Waals surface area contributed by atoms with Gasteiger partial charge in [-0.05, 0) is 24.0 Å². The first-order valence-electron chi connectivity index (χ1n) is 8.53. The molecule has 5 nitrogen and oxygen atoms in total. The van der Waals surface area contributed by atoms with Crippen LogP contribution in [0.3, 0.4) is 0 Å². The average Bonchev–Trinajstić information content (AvgIpc) is 2.63. The quantitative estimate of drug-likeness (QED) is 0.625. The zero-order valence-electron chi connectivity index (χ0n) is 14.7. The van der Waals surface area contributed by atoms with Crippen LogP contribution in [0.15, 0.2) is 60.7 Å². The van der Waals surface area contributed by atoms with Gasteiger partial charge in [-0.3, -0.25) is 9.59 Å². The minimum atomic E-state index is -0.826. The van der Waals surface area contributed by atoms with Gasteiger partial charge in [-0.25, -0.2) is 0 Å². The molecule has 1 atom stereocenters. The first-order valence-corrected chi connectivity index (χ1v) is 8.53. The number of carbonyl (C=O) groups is 2. The topological polar surface area (TPSA) is 84.2 Å². The van der Waals surface area contributed by atoms with Gasteiger partial charge in [0, 0.05) is 13.1 Å². The van der Waals surface area contributed by atoms with E-state index in [2.05, 4.69) is 10.6 Å². The molecule has 6 heteroatoms. The van der Waals surface area contributed by atoms with Gasteiger partial charge in [-0.2, -0.15) is 0 Å². The van der Waals surface area contributed by atoms with Crippen molar-refractivity contribution in [2.24, 2.45) is 5.73 Å². The van der Waals surface area contributed by atoms with Gasteiger partial charge in [0.25, 0.3) is 0 Å². The SMILES string of the molecule is Cl.NC(CC(=O)NCCc1ccccc1)C(=O)NCCc1ccccc1. The monoisotopic (exact) mass is 375 g/mol. The van der Waals surface area contributed by atoms with Gasteiger partial charge < -0.3 is 16.4 Å². The molecule has 0 radical (unpaired) electrons. The molecule has 0 fully saturated rings. The summed E-state index contributed by atoms with van der Waals surface area (Å²) >= 11 is 0. The highest BCUT2D eigenvalue weighted by Crippen LogP contribution is 1.99. The summed E-state index contributed by atoms with van der Waals surface area (Å²) in [6.45, 7) is 1.04. The Kier molecular flexibility index (Phi) is 10.1. The van der Waals surface area contributed by atoms with Crippen molar-refractivity contribution in [1.29, 1.82) is 0 Å². The summed E-state index contributed by atoms with van der Waals surface area (Å²) in [5.74, 6) is -0.504. The molecule has 26 heavy (non-hydrogen) atoms. The van der Waals surface area contributed by atoms with Crippen LogP contribution in [-0.2, 0) is 22.4 Å². The van der Waals surface area contributed by atoms with E-state index in [9.17, 15) is 9.59 Å². The normalized spacial score (nSPS) is 11.1. The lowest BCUT2D eigenvalue weighted by atomic mass is 10.1. The van der Waals surface area contributed by atoms with Gasteiger partial charge >= 0.3 is 0 Å². The minimum Gasteiger partial charge on any atom is -0.356 e. The Bertz CT molecular complexity index is 665. The molecule has 4 N–H and O–H groups in total. The highest BCUT2D eigenvalue weighted by atomic mass is 35.5. The smallest absolute Gasteiger partial charge is 0.237 e. The van der Waals surface area contributed by atoms with E-state index in [1.165, 1.54) is 0 Å². The van der Waals surface area contributed by atoms with Crippen LogP contribution in [0.2, 0.25) is 0 Å². The van der Waals surface area contributed by atoms with E-state index < -0.39 is 6.04 Å². The summed E-state index contributed by atoms with van der Waals surface area (Å²) in [6, 6.07) is 19.0. The van der Waals surface area contributed by atoms with Crippen molar-refractivity contribution in [3.05, 3.63) is 71.8 Å². The fraction of sp³-hybridized carbons (Fsp3) is 0.300. The zero-order chi connectivity index (χ0) is 17.9. The van der Waals surface area contributed by atoms with Crippen LogP contribution in [0, 0.1) is 0 Å². The average molecular weight is 376 g/mol. The van der Waals surface area contributed by atoms with Crippen LogP contribution in [0.5, 0.6) is 0 Å². The number of amides is 2. The number of hydrogen-bond donors (Lipinski definition) is 3. The molecule has 0 aliphatic carbocycles. The first kappa shape index (κ1) is 21.7. The molecular weight excluding hydrogens is 350 g/mol. The van der Waals surface area contributed by atoms with E-state index in [1.54, 1.807) is 0 Å². The number of rotatable bonds is 9. The van der Waals surface area contributed by atoms with E-state index in [-0.39, 0.29) is 30.6 Å². The lowest BCUT2D eigenvalue weighted by Gasteiger charge is -2.12. The van der Waals surface area contributed by atoms with Crippen molar-refractivity contribution in [3.8, 4) is 0 Å². The molecule has 1 unspecified atom stereocenters. The molecule has 2 aromatic rings. The highest BCUT2D eigenvalue weighted by molar-refractivity contribution is 5.88. The van der Waals surface area contributed by atoms with Crippen molar-refractivity contribution in [2.75, 3.05) is 13.1 Å². The van der Waals surface area contributed by atoms with Crippen LogP contribution >= 0.6 is 12.4 Å². The maximum atomic E-state index is 11.9. The predicted molar refractivity (Wildman–Crippen MR) is 106 cm³/mol. The molecule has 140 valence electrons. The fourth-order valence-electron chi connectivity index (χ4n) is 2.46. The lowest BCUT2D eigenvalue weighted by Crippen LogP contribution is -2.44. The third-order valence-corrected chi connectivity index (χ3v) is 3.88. The summed E-state index contributed by atoms with van der Waals surface area (Å²) in [5.41, 5.74) is 8.11. The van der Waals surface area contributed by atoms with Crippen LogP contribution in [0.4, 0.5) is 0 Å². The van der Waals surface area contributed by atoms with E-state index in [0.717, 1.165) is 24.0 Å². The lowest BCUT2D eigenvalue weighted by molar-refractivity contribution is -0.127. The maximum Gasteiger partial charge on any atom is 0.237 e. The third-order valence-electron chi connectivity index (χ3n) is 3.88. The Morgan fingerprint density at radius 2 is 1.27 bits per heavy atom. The van der Waals surface area contributed by atoms with E-state index in [0.29, 0.717) is 13.1 Å². The highest BCUT2D eigenvalue weighted by Gasteiger charge is 2.16. The molecule has 0 heterocycles. The van der Waals surface area contributed by atoms with Gasteiger partial charge in [0.1, 0.15) is 0 Å². The van der Waals surface area contributed by atoms with Crippen LogP contribution < -0.4 is 16.4 Å². The van der Waals surface area contributed by atoms with E-state index >= 15 is 0 Å². The molecule has 0 aromatic heterocycles. The first-order chi connectivity index (χ1) is 12.1. The Morgan fingerprint density at radius 1 is 0.808 bits per heavy atom. The molecule has 0 saturated heterocycles. The van der Waals surface area contributed by atoms with Crippen molar-refractivity contribution in [3.63, 3.8) is 0 Å². The molecule has 0 aliphatic rings. The molecular formula is C20H26ClN3O2. The minimum absolute atomic E-state index is 0. The summed E-state index contributed by atoms with van der Waals surface area (Å²) in [5, 5.41) is 5.57. The van der Waals surface area contributed by atoms with Crippen LogP contribution in [0.25, 0.3) is 0 Å². The number of nitrogens with one attached hydrogen (secondary N) is 2. The van der Waals surface area contributed by atoms with Gasteiger partial charge in [-0.15, -0.1) is 12.4 Å². The zero-order valence-corrected chi connectivity index (χ0v) is 15.5. The Hall–Kier alpha value is -2.37. The summed E-state index contributed by atoms with van der Waals surface area (Å²) in [7, 11) is 0. The number of halogens is 1. The van der Waals surface area contributed by atoms with Crippen LogP contribution in [0.1, 0.15) is 17.5 Å². The Labute approximate surface area is 160 Å². The number of hydrogen-bond acceptors (Lipinski definition) is 3. The molecule has 0 saturated carbocycles. The largest absolute Gasteiger partial charge is 0.356 e. The molecule has 0 spiro atoms. The second kappa shape index (κ2) is 12.1. The second-order valence-corrected chi connectivity index (χ2v) is 5.92. The van der Waals surface area contributed by atoms with Gasteiger partial charge in [0.05, 0.1) is 12.5 Å². The summed E-state index contributed by atoms with van der Waals surface area (Å²) in [4.78, 5) is 23.8. The van der Waals surface area contributed by atoms with Gasteiger partial charge in [0.2, 0.25) is 11.8 Å². The van der Waals surface area contributed by atoms with Crippen LogP contribution in [-0.4, -0.2) is 30.9 Å². The molecule has 2 amide bonds. The summed E-state index contributed by atoms with van der Waals surface area (Å²) in [6.07, 6.45) is 1.49. The molecule has 2 rings (SSSR count). The molecule has 0 aliphatic heterocycles. The summed E-state index contributed by atoms with van der Waals surface area (Å²) < 4.78 is 0. The second-order valence-electron chi connectivity index (χ2n) is 5.92. The predicted octanol–water partition coefficient (Wildman–Crippen LogP) is 1.84. The van der Waals surface area contributed by atoms with Crippen molar-refractivity contribution in [2.45, 2.75) is 25.3 Å². The number of benzene rings is 2. The van der Waals surface area contributed by atoms with Crippen molar-refractivity contribution < 1.29 is 9.59 Å². The molecule has 0 bridgehead atoms. The van der Waals surface area contributed by atoms with Gasteiger partial charge in [0.15, 0.2) is 0 Å². The molecule has 2 aromatic carbocycles. The maximum absolute atomic E-state index is 11.9. The number of carbonyl (C=O) groups excluding carboxylic acids is 2. The Balaban J connectivity index is 0.00000338. The van der Waals surface area contributed by atoms with Crippen molar-refractivity contribution in [1.82, 2.24) is 10.6 Å². The number of nitrogens with two attached hydrogens (primary N) is 1. The van der Waals surface area contributed by atoms with Crippen molar-refractivity contribution >= 4 is 24.2 Å². The third kappa shape index (κ3) is 8.14. The van der Waals surface area contributed by atoms with Gasteiger partial charge in [-0.1, -0.05) is 60.7 Å². The van der Waals surface area contributed by atoms with E-state index in [4.69, 9.17) is 5.73 Å². The fourth-order valence-corrected chi connectivity index (χ4v) is 2.46. The van der Waals surface area contributed by atoms with E-state index in [1.807, 2.05) is 60.7 Å².